The lowest BCUT2D eigenvalue weighted by Crippen LogP contribution is -2.43. The van der Waals surface area contributed by atoms with E-state index in [2.05, 4.69) is 15.5 Å². The summed E-state index contributed by atoms with van der Waals surface area (Å²) in [6, 6.07) is 20.4. The molecule has 2 N–H and O–H groups in total. The van der Waals surface area contributed by atoms with Crippen LogP contribution in [0.15, 0.2) is 77.7 Å². The Balaban J connectivity index is 1.50. The quantitative estimate of drug-likeness (QED) is 0.320. The van der Waals surface area contributed by atoms with Crippen molar-refractivity contribution in [2.24, 2.45) is 0 Å². The van der Waals surface area contributed by atoms with Gasteiger partial charge < -0.3 is 20.3 Å². The van der Waals surface area contributed by atoms with Gasteiger partial charge >= 0.3 is 5.69 Å². The van der Waals surface area contributed by atoms with E-state index < -0.39 is 10.0 Å². The lowest BCUT2D eigenvalue weighted by molar-refractivity contribution is -0.738. The molecule has 0 aromatic heterocycles. The van der Waals surface area contributed by atoms with Crippen molar-refractivity contribution in [3.63, 3.8) is 0 Å². The number of piperazine rings is 1. The Labute approximate surface area is 234 Å². The third-order valence-corrected chi connectivity index (χ3v) is 8.48. The highest BCUT2D eigenvalue weighted by Gasteiger charge is 2.34. The van der Waals surface area contributed by atoms with Gasteiger partial charge in [0.05, 0.1) is 12.0 Å². The molecular formula is C28H34N5O6S+. The van der Waals surface area contributed by atoms with Crippen LogP contribution in [0.25, 0.3) is 0 Å². The fourth-order valence-electron chi connectivity index (χ4n) is 4.41. The van der Waals surface area contributed by atoms with Crippen LogP contribution >= 0.6 is 0 Å². The van der Waals surface area contributed by atoms with Gasteiger partial charge in [-0.2, -0.15) is 4.31 Å². The van der Waals surface area contributed by atoms with Gasteiger partial charge in [-0.1, -0.05) is 24.3 Å². The lowest BCUT2D eigenvalue weighted by atomic mass is 10.2. The number of ether oxygens (including phenoxy) is 1. The lowest BCUT2D eigenvalue weighted by Gasteiger charge is -2.29. The van der Waals surface area contributed by atoms with Crippen molar-refractivity contribution in [1.29, 1.82) is 0 Å². The van der Waals surface area contributed by atoms with Crippen molar-refractivity contribution in [1.82, 2.24) is 9.62 Å². The van der Waals surface area contributed by atoms with Crippen molar-refractivity contribution in [2.75, 3.05) is 57.2 Å². The molecule has 212 valence electrons. The highest BCUT2D eigenvalue weighted by atomic mass is 32.2. The predicted octanol–water partition coefficient (Wildman–Crippen LogP) is 3.30. The molecule has 1 amide bonds. The zero-order valence-corrected chi connectivity index (χ0v) is 23.4. The maximum absolute atomic E-state index is 13.8. The third kappa shape index (κ3) is 7.14. The zero-order chi connectivity index (χ0) is 28.5. The number of nitrogens with zero attached hydrogens (tertiary/aromatic N) is 3. The summed E-state index contributed by atoms with van der Waals surface area (Å²) in [5.74, 6) is 0.299. The minimum absolute atomic E-state index is 0.0147. The van der Waals surface area contributed by atoms with Crippen LogP contribution in [0.1, 0.15) is 12.0 Å². The molecule has 0 bridgehead atoms. The molecule has 0 spiro atoms. The minimum Gasteiger partial charge on any atom is -0.497 e. The Morgan fingerprint density at radius 1 is 1.00 bits per heavy atom. The SMILES string of the molecule is COc1ccc(CN(CCC(=O)Nc2ccc(N3CCNCC3)cc2)S(=O)(=O)c2ccccc2[N+](=O)OC)cc1. The van der Waals surface area contributed by atoms with Crippen LogP contribution in [0.3, 0.4) is 0 Å². The predicted molar refractivity (Wildman–Crippen MR) is 152 cm³/mol. The molecule has 0 aliphatic carbocycles. The van der Waals surface area contributed by atoms with Gasteiger partial charge in [-0.3, -0.25) is 4.79 Å². The molecule has 3 aromatic carbocycles. The standard InChI is InChI=1S/C28H33N5O6S/c1-38-25-13-7-22(8-14-25)21-32(40(36,37)27-6-4-3-5-26(27)33(35)39-2)18-15-28(34)30-23-9-11-24(12-10-23)31-19-16-29-17-20-31/h3-14,29H,15-21H2,1-2H3/p+1. The van der Waals surface area contributed by atoms with Crippen LogP contribution in [0.5, 0.6) is 5.75 Å². The summed E-state index contributed by atoms with van der Waals surface area (Å²) in [6.07, 6.45) is -0.0948. The van der Waals surface area contributed by atoms with Gasteiger partial charge in [0.1, 0.15) is 5.75 Å². The Morgan fingerprint density at radius 3 is 2.33 bits per heavy atom. The molecule has 0 unspecified atom stereocenters. The number of rotatable bonds is 12. The van der Waals surface area contributed by atoms with Crippen LogP contribution in [0.4, 0.5) is 17.1 Å². The normalized spacial score (nSPS) is 13.6. The van der Waals surface area contributed by atoms with Gasteiger partial charge in [-0.15, -0.1) is 0 Å². The number of benzene rings is 3. The second kappa shape index (κ2) is 13.4. The van der Waals surface area contributed by atoms with E-state index in [1.54, 1.807) is 37.4 Å². The summed E-state index contributed by atoms with van der Waals surface area (Å²) in [4.78, 5) is 32.1. The molecule has 0 radical (unpaired) electrons. The van der Waals surface area contributed by atoms with E-state index in [-0.39, 0.29) is 40.9 Å². The van der Waals surface area contributed by atoms with E-state index in [0.717, 1.165) is 39.0 Å². The molecule has 12 heteroatoms. The second-order valence-corrected chi connectivity index (χ2v) is 11.1. The minimum atomic E-state index is -4.20. The number of nitrogens with one attached hydrogen (secondary N) is 2. The first-order valence-corrected chi connectivity index (χ1v) is 14.3. The van der Waals surface area contributed by atoms with Crippen LogP contribution in [-0.4, -0.2) is 70.5 Å². The van der Waals surface area contributed by atoms with E-state index in [1.807, 2.05) is 24.3 Å². The second-order valence-electron chi connectivity index (χ2n) is 9.18. The summed E-state index contributed by atoms with van der Waals surface area (Å²) in [6.45, 7) is 3.57. The number of carbonyl (C=O) groups excluding carboxylic acids is 1. The van der Waals surface area contributed by atoms with E-state index in [4.69, 9.17) is 9.57 Å². The number of carbonyl (C=O) groups is 1. The fraction of sp³-hybridized carbons (Fsp3) is 0.321. The number of hydrogen-bond acceptors (Lipinski definition) is 8. The van der Waals surface area contributed by atoms with Crippen molar-refractivity contribution in [3.05, 3.63) is 83.3 Å². The zero-order valence-electron chi connectivity index (χ0n) is 22.6. The summed E-state index contributed by atoms with van der Waals surface area (Å²) in [5.41, 5.74) is 2.24. The molecule has 0 saturated carbocycles. The van der Waals surface area contributed by atoms with E-state index >= 15 is 0 Å². The monoisotopic (exact) mass is 568 g/mol. The largest absolute Gasteiger partial charge is 0.497 e. The molecule has 11 nitrogen and oxygen atoms in total. The Bertz CT molecular complexity index is 1410. The topological polar surface area (TPSA) is 120 Å². The van der Waals surface area contributed by atoms with Crippen LogP contribution in [0, 0.1) is 4.91 Å². The maximum atomic E-state index is 13.8. The molecule has 1 saturated heterocycles. The van der Waals surface area contributed by atoms with Crippen molar-refractivity contribution < 1.29 is 27.7 Å². The maximum Gasteiger partial charge on any atom is 0.336 e. The van der Waals surface area contributed by atoms with Crippen molar-refractivity contribution in [3.8, 4) is 5.75 Å². The van der Waals surface area contributed by atoms with Gasteiger partial charge in [0.15, 0.2) is 12.0 Å². The first-order chi connectivity index (χ1) is 19.3. The number of methoxy groups -OCH3 is 1. The molecule has 40 heavy (non-hydrogen) atoms. The molecule has 1 fully saturated rings. The molecule has 0 atom stereocenters. The third-order valence-electron chi connectivity index (χ3n) is 6.59. The first kappa shape index (κ1) is 29.0. The van der Waals surface area contributed by atoms with E-state index in [9.17, 15) is 18.1 Å². The summed E-state index contributed by atoms with van der Waals surface area (Å²) >= 11 is 0. The van der Waals surface area contributed by atoms with Crippen molar-refractivity contribution in [2.45, 2.75) is 17.9 Å². The Kier molecular flexibility index (Phi) is 9.70. The molecule has 1 heterocycles. The number of para-hydroxylation sites is 1. The smallest absolute Gasteiger partial charge is 0.336 e. The first-order valence-electron chi connectivity index (χ1n) is 12.9. The molecule has 4 rings (SSSR count). The highest BCUT2D eigenvalue weighted by molar-refractivity contribution is 7.89. The summed E-state index contributed by atoms with van der Waals surface area (Å²) in [5, 5.41) is 6.17. The van der Waals surface area contributed by atoms with Gasteiger partial charge in [0, 0.05) is 63.1 Å². The van der Waals surface area contributed by atoms with Crippen molar-refractivity contribution >= 4 is 33.0 Å². The highest BCUT2D eigenvalue weighted by Crippen LogP contribution is 2.28. The Hall–Kier alpha value is -4.00. The van der Waals surface area contributed by atoms with Gasteiger partial charge in [-0.05, 0) is 48.0 Å². The van der Waals surface area contributed by atoms with Crippen LogP contribution < -0.4 is 20.3 Å². The van der Waals surface area contributed by atoms with Gasteiger partial charge in [-0.25, -0.2) is 13.3 Å². The molecule has 3 aromatic rings. The summed E-state index contributed by atoms with van der Waals surface area (Å²) in [7, 11) is -1.49. The van der Waals surface area contributed by atoms with Gasteiger partial charge in [0.25, 0.3) is 4.92 Å². The summed E-state index contributed by atoms with van der Waals surface area (Å²) < 4.78 is 34.0. The number of sulfonamides is 1. The average Bonchev–Trinajstić information content (AvgIpc) is 2.99. The van der Waals surface area contributed by atoms with E-state index in [0.29, 0.717) is 17.0 Å². The molecule has 1 aliphatic heterocycles. The number of hydrogen-bond donors (Lipinski definition) is 2. The molecule has 1 aliphatic rings. The average molecular weight is 569 g/mol. The van der Waals surface area contributed by atoms with Crippen LogP contribution in [0.2, 0.25) is 0 Å². The van der Waals surface area contributed by atoms with Gasteiger partial charge in [0.2, 0.25) is 15.9 Å². The Morgan fingerprint density at radius 2 is 1.68 bits per heavy atom. The van der Waals surface area contributed by atoms with E-state index in [1.165, 1.54) is 22.5 Å². The number of amides is 1. The molecular weight excluding hydrogens is 534 g/mol. The van der Waals surface area contributed by atoms with Crippen LogP contribution in [-0.2, 0) is 26.2 Å². The number of anilines is 2. The fourth-order valence-corrected chi connectivity index (χ4v) is 6.00.